The van der Waals surface area contributed by atoms with E-state index >= 15 is 0 Å². The highest BCUT2D eigenvalue weighted by atomic mass is 19.1. The van der Waals surface area contributed by atoms with Gasteiger partial charge >= 0.3 is 0 Å². The Morgan fingerprint density at radius 1 is 0.967 bits per heavy atom. The van der Waals surface area contributed by atoms with Gasteiger partial charge in [-0.3, -0.25) is 19.9 Å². The summed E-state index contributed by atoms with van der Waals surface area (Å²) in [5, 5.41) is 6.74. The average Bonchev–Trinajstić information content (AvgIpc) is 3.18. The second kappa shape index (κ2) is 7.96. The number of amides is 2. The van der Waals surface area contributed by atoms with Gasteiger partial charge in [0.15, 0.2) is 0 Å². The number of hydrogen-bond acceptors (Lipinski definition) is 5. The predicted molar refractivity (Wildman–Crippen MR) is 108 cm³/mol. The van der Waals surface area contributed by atoms with Crippen molar-refractivity contribution in [3.8, 4) is 22.4 Å². The lowest BCUT2D eigenvalue weighted by atomic mass is 9.96. The number of pyridine rings is 1. The summed E-state index contributed by atoms with van der Waals surface area (Å²) in [4.78, 5) is 28.6. The number of carbonyl (C=O) groups excluding carboxylic acids is 2. The van der Waals surface area contributed by atoms with Crippen molar-refractivity contribution in [1.29, 1.82) is 0 Å². The van der Waals surface area contributed by atoms with Gasteiger partial charge in [-0.05, 0) is 42.5 Å². The number of rotatable bonds is 5. The highest BCUT2D eigenvalue weighted by Gasteiger charge is 2.24. The topological polar surface area (TPSA) is 111 Å². The van der Waals surface area contributed by atoms with E-state index in [4.69, 9.17) is 10.3 Å². The van der Waals surface area contributed by atoms with E-state index in [0.717, 1.165) is 0 Å². The molecule has 8 heteroatoms. The van der Waals surface area contributed by atoms with Gasteiger partial charge in [-0.15, -0.1) is 0 Å². The SMILES string of the molecule is NC(=O)c1ccccc1-c1c(-c2ccncc2)noc1NC(=O)c1ccc(F)cc1. The number of nitrogens with one attached hydrogen (secondary N) is 1. The van der Waals surface area contributed by atoms with Crippen LogP contribution in [0, 0.1) is 5.82 Å². The molecule has 2 amide bonds. The Bertz CT molecular complexity index is 1220. The molecular weight excluding hydrogens is 387 g/mol. The Labute approximate surface area is 170 Å². The molecule has 0 unspecified atom stereocenters. The van der Waals surface area contributed by atoms with Crippen molar-refractivity contribution in [2.24, 2.45) is 5.73 Å². The summed E-state index contributed by atoms with van der Waals surface area (Å²) in [6.07, 6.45) is 3.18. The zero-order valence-electron chi connectivity index (χ0n) is 15.5. The smallest absolute Gasteiger partial charge is 0.258 e. The van der Waals surface area contributed by atoms with Crippen LogP contribution >= 0.6 is 0 Å². The fourth-order valence-electron chi connectivity index (χ4n) is 3.02. The minimum absolute atomic E-state index is 0.0323. The van der Waals surface area contributed by atoms with E-state index in [2.05, 4.69) is 15.5 Å². The van der Waals surface area contributed by atoms with Crippen molar-refractivity contribution in [2.75, 3.05) is 5.32 Å². The van der Waals surface area contributed by atoms with Crippen molar-refractivity contribution in [3.05, 3.63) is 90.0 Å². The van der Waals surface area contributed by atoms with E-state index in [1.807, 2.05) is 0 Å². The number of benzene rings is 2. The molecule has 0 saturated heterocycles. The van der Waals surface area contributed by atoms with Gasteiger partial charge in [-0.25, -0.2) is 4.39 Å². The fraction of sp³-hybridized carbons (Fsp3) is 0. The largest absolute Gasteiger partial charge is 0.366 e. The lowest BCUT2D eigenvalue weighted by Gasteiger charge is -2.09. The molecule has 2 aromatic heterocycles. The van der Waals surface area contributed by atoms with Crippen LogP contribution in [-0.2, 0) is 0 Å². The van der Waals surface area contributed by atoms with E-state index in [1.54, 1.807) is 48.8 Å². The van der Waals surface area contributed by atoms with Crippen LogP contribution < -0.4 is 11.1 Å². The molecule has 148 valence electrons. The third-order valence-corrected chi connectivity index (χ3v) is 4.44. The molecule has 0 fully saturated rings. The normalized spacial score (nSPS) is 10.6. The van der Waals surface area contributed by atoms with Crippen LogP contribution in [0.4, 0.5) is 10.3 Å². The quantitative estimate of drug-likeness (QED) is 0.526. The minimum Gasteiger partial charge on any atom is -0.366 e. The Kier molecular flexibility index (Phi) is 5.04. The van der Waals surface area contributed by atoms with E-state index in [-0.39, 0.29) is 17.0 Å². The molecule has 30 heavy (non-hydrogen) atoms. The van der Waals surface area contributed by atoms with Crippen LogP contribution in [0.2, 0.25) is 0 Å². The van der Waals surface area contributed by atoms with Crippen LogP contribution in [-0.4, -0.2) is 22.0 Å². The zero-order chi connectivity index (χ0) is 21.1. The number of nitrogens with zero attached hydrogens (tertiary/aromatic N) is 2. The second-order valence-electron chi connectivity index (χ2n) is 6.34. The zero-order valence-corrected chi connectivity index (χ0v) is 15.5. The molecule has 3 N–H and O–H groups in total. The van der Waals surface area contributed by atoms with Gasteiger partial charge in [-0.2, -0.15) is 0 Å². The Morgan fingerprint density at radius 3 is 2.37 bits per heavy atom. The minimum atomic E-state index is -0.636. The maximum absolute atomic E-state index is 13.2. The highest BCUT2D eigenvalue weighted by molar-refractivity contribution is 6.08. The lowest BCUT2D eigenvalue weighted by molar-refractivity contribution is 0.0998. The summed E-state index contributed by atoms with van der Waals surface area (Å²) in [5.74, 6) is -1.58. The fourth-order valence-corrected chi connectivity index (χ4v) is 3.02. The third kappa shape index (κ3) is 3.66. The molecule has 0 bridgehead atoms. The molecule has 2 heterocycles. The maximum Gasteiger partial charge on any atom is 0.258 e. The number of primary amides is 1. The molecule has 0 aliphatic heterocycles. The number of nitrogens with two attached hydrogens (primary N) is 1. The van der Waals surface area contributed by atoms with Crippen LogP contribution in [0.5, 0.6) is 0 Å². The molecule has 0 aliphatic rings. The van der Waals surface area contributed by atoms with Gasteiger partial charge < -0.3 is 10.3 Å². The molecule has 0 spiro atoms. The molecule has 4 aromatic rings. The Morgan fingerprint density at radius 2 is 1.67 bits per heavy atom. The summed E-state index contributed by atoms with van der Waals surface area (Å²) in [6.45, 7) is 0. The van der Waals surface area contributed by atoms with E-state index < -0.39 is 17.6 Å². The van der Waals surface area contributed by atoms with Crippen LogP contribution in [0.25, 0.3) is 22.4 Å². The monoisotopic (exact) mass is 402 g/mol. The van der Waals surface area contributed by atoms with E-state index in [1.165, 1.54) is 24.3 Å². The number of aromatic nitrogens is 2. The molecule has 0 radical (unpaired) electrons. The first-order valence-electron chi connectivity index (χ1n) is 8.91. The average molecular weight is 402 g/mol. The third-order valence-electron chi connectivity index (χ3n) is 4.44. The first-order valence-corrected chi connectivity index (χ1v) is 8.91. The molecule has 4 rings (SSSR count). The lowest BCUT2D eigenvalue weighted by Crippen LogP contribution is -2.14. The van der Waals surface area contributed by atoms with Gasteiger partial charge in [0.1, 0.15) is 11.5 Å². The van der Waals surface area contributed by atoms with Crippen molar-refractivity contribution >= 4 is 17.7 Å². The summed E-state index contributed by atoms with van der Waals surface area (Å²) in [6, 6.07) is 15.2. The molecule has 0 saturated carbocycles. The molecule has 0 aliphatic carbocycles. The van der Waals surface area contributed by atoms with E-state index in [9.17, 15) is 14.0 Å². The summed E-state index contributed by atoms with van der Waals surface area (Å²) in [7, 11) is 0. The van der Waals surface area contributed by atoms with Gasteiger partial charge in [-0.1, -0.05) is 23.4 Å². The van der Waals surface area contributed by atoms with Gasteiger partial charge in [0.2, 0.25) is 11.8 Å². The van der Waals surface area contributed by atoms with Crippen molar-refractivity contribution in [2.45, 2.75) is 0 Å². The summed E-state index contributed by atoms with van der Waals surface area (Å²) < 4.78 is 18.6. The van der Waals surface area contributed by atoms with Crippen LogP contribution in [0.3, 0.4) is 0 Å². The number of halogens is 1. The predicted octanol–water partition coefficient (Wildman–Crippen LogP) is 3.89. The molecule has 0 atom stereocenters. The standard InChI is InChI=1S/C22H15FN4O3/c23-15-7-5-14(6-8-15)21(29)26-22-18(16-3-1-2-4-17(16)20(24)28)19(27-30-22)13-9-11-25-12-10-13/h1-12H,(H2,24,28)(H,26,29). The van der Waals surface area contributed by atoms with Crippen LogP contribution in [0.1, 0.15) is 20.7 Å². The van der Waals surface area contributed by atoms with Crippen molar-refractivity contribution in [1.82, 2.24) is 10.1 Å². The Balaban J connectivity index is 1.84. The van der Waals surface area contributed by atoms with E-state index in [0.29, 0.717) is 22.4 Å². The Hall–Kier alpha value is -4.33. The van der Waals surface area contributed by atoms with Crippen LogP contribution in [0.15, 0.2) is 77.6 Å². The number of anilines is 1. The summed E-state index contributed by atoms with van der Waals surface area (Å²) in [5.41, 5.74) is 7.94. The maximum atomic E-state index is 13.2. The summed E-state index contributed by atoms with van der Waals surface area (Å²) >= 11 is 0. The first kappa shape index (κ1) is 19.0. The molecular formula is C22H15FN4O3. The van der Waals surface area contributed by atoms with Crippen molar-refractivity contribution in [3.63, 3.8) is 0 Å². The molecule has 2 aromatic carbocycles. The van der Waals surface area contributed by atoms with Crippen molar-refractivity contribution < 1.29 is 18.5 Å². The van der Waals surface area contributed by atoms with Gasteiger partial charge in [0.25, 0.3) is 5.91 Å². The first-order chi connectivity index (χ1) is 14.5. The number of carbonyl (C=O) groups is 2. The second-order valence-corrected chi connectivity index (χ2v) is 6.34. The van der Waals surface area contributed by atoms with Gasteiger partial charge in [0.05, 0.1) is 5.56 Å². The van der Waals surface area contributed by atoms with Gasteiger partial charge in [0, 0.05) is 34.6 Å². The molecule has 7 nitrogen and oxygen atoms in total. The number of hydrogen-bond donors (Lipinski definition) is 2. The highest BCUT2D eigenvalue weighted by Crippen LogP contribution is 2.39.